The van der Waals surface area contributed by atoms with Crippen molar-refractivity contribution in [2.75, 3.05) is 0 Å². The van der Waals surface area contributed by atoms with Crippen LogP contribution in [0.25, 0.3) is 0 Å². The summed E-state index contributed by atoms with van der Waals surface area (Å²) >= 11 is 0. The minimum atomic E-state index is 1.44. The molecule has 0 radical (unpaired) electrons. The molecule has 0 spiro atoms. The lowest BCUT2D eigenvalue weighted by Gasteiger charge is -1.68. The predicted molar refractivity (Wildman–Crippen MR) is 37.4 cm³/mol. The van der Waals surface area contributed by atoms with Gasteiger partial charge in [-0.05, 0) is 0 Å². The quantitative estimate of drug-likeness (QED) is 0.488. The van der Waals surface area contributed by atoms with Crippen LogP contribution in [0, 0.1) is 0 Å². The highest BCUT2D eigenvalue weighted by Crippen LogP contribution is 1.63. The number of aliphatic imine (C=N–C) groups is 2. The first-order valence-corrected chi connectivity index (χ1v) is 2.18. The summed E-state index contributed by atoms with van der Waals surface area (Å²) < 4.78 is 0. The van der Waals surface area contributed by atoms with E-state index in [-0.39, 0.29) is 0 Å². The third-order valence-electron chi connectivity index (χ3n) is 0.450. The molecule has 0 amide bonds. The number of rotatable bonds is 3. The Morgan fingerprint density at radius 1 is 0.875 bits per heavy atom. The van der Waals surface area contributed by atoms with Crippen molar-refractivity contribution in [3.05, 3.63) is 25.6 Å². The second kappa shape index (κ2) is 5.82. The lowest BCUT2D eigenvalue weighted by Crippen LogP contribution is -1.68. The fourth-order valence-electron chi connectivity index (χ4n) is 0.199. The maximum atomic E-state index is 3.65. The maximum Gasteiger partial charge on any atom is 0.0450 e. The number of hydrogen-bond acceptors (Lipinski definition) is 2. The average molecular weight is 108 g/mol. The highest BCUT2D eigenvalue weighted by atomic mass is 14.7. The van der Waals surface area contributed by atoms with E-state index in [1.54, 1.807) is 0 Å². The second-order valence-corrected chi connectivity index (χ2v) is 0.961. The molecule has 0 N–H and O–H groups in total. The van der Waals surface area contributed by atoms with Crippen LogP contribution < -0.4 is 0 Å². The van der Waals surface area contributed by atoms with Crippen LogP contribution >= 0.6 is 0 Å². The van der Waals surface area contributed by atoms with Crippen LogP contribution in [-0.4, -0.2) is 12.4 Å². The van der Waals surface area contributed by atoms with E-state index < -0.39 is 0 Å². The van der Waals surface area contributed by atoms with E-state index in [4.69, 9.17) is 0 Å². The fourth-order valence-corrected chi connectivity index (χ4v) is 0.199. The van der Waals surface area contributed by atoms with Gasteiger partial charge in [-0.3, -0.25) is 9.98 Å². The van der Waals surface area contributed by atoms with Crippen LogP contribution in [0.5, 0.6) is 0 Å². The molecule has 2 heteroatoms. The number of hydrogen-bond donors (Lipinski definition) is 0. The number of nitrogens with zero attached hydrogens (tertiary/aromatic N) is 2. The Balaban J connectivity index is 3.41. The van der Waals surface area contributed by atoms with Crippen molar-refractivity contribution in [1.29, 1.82) is 0 Å². The molecule has 0 aromatic carbocycles. The summed E-state index contributed by atoms with van der Waals surface area (Å²) in [7, 11) is 0. The third kappa shape index (κ3) is 4.82. The Kier molecular flexibility index (Phi) is 4.96. The van der Waals surface area contributed by atoms with Gasteiger partial charge in [0, 0.05) is 24.8 Å². The Morgan fingerprint density at radius 2 is 1.25 bits per heavy atom. The van der Waals surface area contributed by atoms with E-state index >= 15 is 0 Å². The molecule has 0 aromatic rings. The van der Waals surface area contributed by atoms with Gasteiger partial charge in [-0.1, -0.05) is 13.2 Å². The molecular weight excluding hydrogens is 100 g/mol. The Labute approximate surface area is 49.0 Å². The molecule has 0 aliphatic carbocycles. The van der Waals surface area contributed by atoms with Crippen molar-refractivity contribution < 1.29 is 0 Å². The summed E-state index contributed by atoms with van der Waals surface area (Å²) in [5.41, 5.74) is 0. The molecule has 0 saturated carbocycles. The lowest BCUT2D eigenvalue weighted by molar-refractivity contribution is 1.61. The first-order valence-electron chi connectivity index (χ1n) is 2.18. The molecule has 42 valence electrons. The molecular formula is C6H8N2. The summed E-state index contributed by atoms with van der Waals surface area (Å²) in [5.74, 6) is 0. The molecule has 0 heterocycles. The van der Waals surface area contributed by atoms with Crippen LogP contribution in [0.15, 0.2) is 35.5 Å². The molecule has 2 nitrogen and oxygen atoms in total. The van der Waals surface area contributed by atoms with Crippen molar-refractivity contribution >= 4 is 12.4 Å². The monoisotopic (exact) mass is 108 g/mol. The van der Waals surface area contributed by atoms with Gasteiger partial charge in [-0.25, -0.2) is 0 Å². The van der Waals surface area contributed by atoms with Crippen LogP contribution in [0.2, 0.25) is 0 Å². The molecule has 0 saturated heterocycles. The average Bonchev–Trinajstić information content (AvgIpc) is 1.81. The molecule has 0 fully saturated rings. The molecule has 0 aliphatic rings. The molecule has 0 bridgehead atoms. The third-order valence-corrected chi connectivity index (χ3v) is 0.450. The molecule has 0 aliphatic heterocycles. The zero-order valence-electron chi connectivity index (χ0n) is 4.62. The predicted octanol–water partition coefficient (Wildman–Crippen LogP) is 1.42. The molecule has 0 aromatic heterocycles. The van der Waals surface area contributed by atoms with Crippen molar-refractivity contribution in [1.82, 2.24) is 0 Å². The highest BCUT2D eigenvalue weighted by molar-refractivity contribution is 6.16. The normalized spacial score (nSPS) is 10.5. The largest absolute Gasteiger partial charge is 0.264 e. The van der Waals surface area contributed by atoms with E-state index in [2.05, 4.69) is 23.1 Å². The van der Waals surface area contributed by atoms with Crippen LogP contribution in [-0.2, 0) is 0 Å². The van der Waals surface area contributed by atoms with Gasteiger partial charge in [-0.15, -0.1) is 0 Å². The molecule has 0 rings (SSSR count). The Bertz CT molecular complexity index is 106. The molecule has 0 unspecified atom stereocenters. The SMILES string of the molecule is C=C/N=C\C=N/C=C. The summed E-state index contributed by atoms with van der Waals surface area (Å²) in [4.78, 5) is 7.30. The summed E-state index contributed by atoms with van der Waals surface area (Å²) in [6.07, 6.45) is 5.95. The molecule has 8 heavy (non-hydrogen) atoms. The van der Waals surface area contributed by atoms with Crippen molar-refractivity contribution in [3.8, 4) is 0 Å². The molecule has 0 atom stereocenters. The van der Waals surface area contributed by atoms with Crippen molar-refractivity contribution in [2.24, 2.45) is 9.98 Å². The first-order chi connectivity index (χ1) is 3.91. The van der Waals surface area contributed by atoms with Gasteiger partial charge in [0.05, 0.1) is 0 Å². The summed E-state index contributed by atoms with van der Waals surface area (Å²) in [6, 6.07) is 0. The summed E-state index contributed by atoms with van der Waals surface area (Å²) in [6.45, 7) is 6.75. The minimum absolute atomic E-state index is 1.44. The van der Waals surface area contributed by atoms with Gasteiger partial charge in [0.2, 0.25) is 0 Å². The first kappa shape index (κ1) is 6.82. The highest BCUT2D eigenvalue weighted by Gasteiger charge is 1.55. The van der Waals surface area contributed by atoms with E-state index in [0.29, 0.717) is 0 Å². The van der Waals surface area contributed by atoms with Crippen LogP contribution in [0.3, 0.4) is 0 Å². The maximum absolute atomic E-state index is 3.65. The van der Waals surface area contributed by atoms with Crippen molar-refractivity contribution in [3.63, 3.8) is 0 Å². The fraction of sp³-hybridized carbons (Fsp3) is 0. The van der Waals surface area contributed by atoms with Gasteiger partial charge in [-0.2, -0.15) is 0 Å². The summed E-state index contributed by atoms with van der Waals surface area (Å²) in [5, 5.41) is 0. The van der Waals surface area contributed by atoms with Gasteiger partial charge < -0.3 is 0 Å². The van der Waals surface area contributed by atoms with E-state index in [1.807, 2.05) is 0 Å². The van der Waals surface area contributed by atoms with E-state index in [0.717, 1.165) is 0 Å². The standard InChI is InChI=1S/C6H8N2/c1-3-7-5-6-8-4-2/h3-6H,1-2H2/b7-5-,8-6-. The zero-order chi connectivity index (χ0) is 6.24. The Hall–Kier alpha value is -1.18. The van der Waals surface area contributed by atoms with E-state index in [9.17, 15) is 0 Å². The zero-order valence-corrected chi connectivity index (χ0v) is 4.62. The second-order valence-electron chi connectivity index (χ2n) is 0.961. The van der Waals surface area contributed by atoms with Crippen LogP contribution in [0.1, 0.15) is 0 Å². The van der Waals surface area contributed by atoms with Gasteiger partial charge >= 0.3 is 0 Å². The van der Waals surface area contributed by atoms with Gasteiger partial charge in [0.25, 0.3) is 0 Å². The van der Waals surface area contributed by atoms with Crippen LogP contribution in [0.4, 0.5) is 0 Å². The van der Waals surface area contributed by atoms with Gasteiger partial charge in [0.15, 0.2) is 0 Å². The smallest absolute Gasteiger partial charge is 0.0450 e. The lowest BCUT2D eigenvalue weighted by atomic mass is 10.8. The topological polar surface area (TPSA) is 24.7 Å². The minimum Gasteiger partial charge on any atom is -0.264 e. The van der Waals surface area contributed by atoms with E-state index in [1.165, 1.54) is 24.8 Å². The Morgan fingerprint density at radius 3 is 1.50 bits per heavy atom. The van der Waals surface area contributed by atoms with Crippen molar-refractivity contribution in [2.45, 2.75) is 0 Å². The van der Waals surface area contributed by atoms with Gasteiger partial charge in [0.1, 0.15) is 0 Å².